The Morgan fingerprint density at radius 2 is 2.13 bits per heavy atom. The summed E-state index contributed by atoms with van der Waals surface area (Å²) in [5.41, 5.74) is -1.30. The summed E-state index contributed by atoms with van der Waals surface area (Å²) in [7, 11) is 3.72. The van der Waals surface area contributed by atoms with Gasteiger partial charge in [-0.3, -0.25) is 4.79 Å². The van der Waals surface area contributed by atoms with Gasteiger partial charge in [0.05, 0.1) is 6.07 Å². The average molecular weight is 323 g/mol. The van der Waals surface area contributed by atoms with Gasteiger partial charge in [0.15, 0.2) is 17.2 Å². The molecule has 1 rings (SSSR count). The molecule has 1 atom stereocenters. The number of rotatable bonds is 7. The van der Waals surface area contributed by atoms with Gasteiger partial charge in [-0.2, -0.15) is 5.26 Å². The molecule has 0 spiro atoms. The summed E-state index contributed by atoms with van der Waals surface area (Å²) in [5.74, 6) is -2.40. The van der Waals surface area contributed by atoms with Crippen LogP contribution in [-0.2, 0) is 4.79 Å². The van der Waals surface area contributed by atoms with E-state index in [1.54, 1.807) is 6.08 Å². The topological polar surface area (TPSA) is 65.4 Å². The average Bonchev–Trinajstić information content (AvgIpc) is 2.48. The summed E-state index contributed by atoms with van der Waals surface area (Å²) < 4.78 is 31.2. The van der Waals surface area contributed by atoms with Gasteiger partial charge in [0.1, 0.15) is 12.4 Å². The van der Waals surface area contributed by atoms with E-state index >= 15 is 0 Å². The van der Waals surface area contributed by atoms with Crippen LogP contribution in [0.25, 0.3) is 0 Å². The van der Waals surface area contributed by atoms with E-state index in [-0.39, 0.29) is 12.4 Å². The van der Waals surface area contributed by atoms with Crippen LogP contribution in [0.3, 0.4) is 0 Å². The van der Waals surface area contributed by atoms with Crippen molar-refractivity contribution in [1.29, 1.82) is 5.26 Å². The summed E-state index contributed by atoms with van der Waals surface area (Å²) >= 11 is 0. The number of amides is 1. The molecule has 0 saturated carbocycles. The van der Waals surface area contributed by atoms with Crippen molar-refractivity contribution in [3.8, 4) is 11.8 Å². The summed E-state index contributed by atoms with van der Waals surface area (Å²) in [6, 6.07) is 4.99. The van der Waals surface area contributed by atoms with Crippen LogP contribution < -0.4 is 10.1 Å². The Morgan fingerprint density at radius 3 is 2.70 bits per heavy atom. The lowest BCUT2D eigenvalue weighted by Crippen LogP contribution is -2.48. The number of nitriles is 1. The molecule has 1 amide bonds. The van der Waals surface area contributed by atoms with Crippen molar-refractivity contribution in [1.82, 2.24) is 10.2 Å². The fraction of sp³-hybridized carbons (Fsp3) is 0.375. The van der Waals surface area contributed by atoms with E-state index in [1.807, 2.05) is 25.1 Å². The lowest BCUT2D eigenvalue weighted by molar-refractivity contribution is -0.117. The predicted octanol–water partition coefficient (Wildman–Crippen LogP) is 1.86. The Kier molecular flexibility index (Phi) is 6.66. The van der Waals surface area contributed by atoms with Gasteiger partial charge in [-0.25, -0.2) is 8.78 Å². The van der Waals surface area contributed by atoms with Gasteiger partial charge < -0.3 is 15.0 Å². The van der Waals surface area contributed by atoms with Crippen LogP contribution in [0, 0.1) is 23.0 Å². The highest BCUT2D eigenvalue weighted by Gasteiger charge is 2.26. The Balaban J connectivity index is 2.63. The van der Waals surface area contributed by atoms with Crippen LogP contribution in [0.1, 0.15) is 6.92 Å². The van der Waals surface area contributed by atoms with Crippen LogP contribution in [-0.4, -0.2) is 43.6 Å². The fourth-order valence-corrected chi connectivity index (χ4v) is 1.57. The summed E-state index contributed by atoms with van der Waals surface area (Å²) in [5, 5.41) is 11.7. The van der Waals surface area contributed by atoms with Crippen molar-refractivity contribution >= 4 is 5.91 Å². The number of halogens is 2. The minimum absolute atomic E-state index is 0.0720. The first-order valence-electron chi connectivity index (χ1n) is 6.88. The summed E-state index contributed by atoms with van der Waals surface area (Å²) in [6.07, 6.45) is 2.98. The maximum Gasteiger partial charge on any atom is 0.245 e. The van der Waals surface area contributed by atoms with E-state index in [2.05, 4.69) is 5.32 Å². The normalized spacial score (nSPS) is 13.6. The number of carbonyl (C=O) groups is 1. The number of nitrogens with one attached hydrogen (secondary N) is 1. The molecule has 0 fully saturated rings. The highest BCUT2D eigenvalue weighted by atomic mass is 19.2. The Bertz CT molecular complexity index is 626. The molecule has 0 heterocycles. The first-order valence-corrected chi connectivity index (χ1v) is 6.88. The van der Waals surface area contributed by atoms with Gasteiger partial charge in [-0.1, -0.05) is 6.08 Å². The second-order valence-corrected chi connectivity index (χ2v) is 5.46. The van der Waals surface area contributed by atoms with Gasteiger partial charge in [0, 0.05) is 18.7 Å². The van der Waals surface area contributed by atoms with E-state index in [4.69, 9.17) is 4.74 Å². The van der Waals surface area contributed by atoms with Crippen molar-refractivity contribution in [2.75, 3.05) is 27.2 Å². The van der Waals surface area contributed by atoms with Gasteiger partial charge in [0.2, 0.25) is 5.91 Å². The standard InChI is InChI=1S/C16H19F2N3O2/c1-16(10-19,20-15(22)5-4-8-21(2)3)11-23-12-6-7-13(17)14(18)9-12/h4-7,9H,8,11H2,1-3H3,(H,20,22)/b5-4+. The van der Waals surface area contributed by atoms with Gasteiger partial charge >= 0.3 is 0 Å². The highest BCUT2D eigenvalue weighted by molar-refractivity contribution is 5.88. The molecule has 1 unspecified atom stereocenters. The number of nitrogens with zero attached hydrogens (tertiary/aromatic N) is 2. The monoisotopic (exact) mass is 323 g/mol. The largest absolute Gasteiger partial charge is 0.490 e. The maximum atomic E-state index is 13.1. The molecule has 0 saturated heterocycles. The maximum absolute atomic E-state index is 13.1. The third kappa shape index (κ3) is 6.45. The third-order valence-corrected chi connectivity index (χ3v) is 2.80. The number of hydrogen-bond acceptors (Lipinski definition) is 4. The molecule has 0 aliphatic heterocycles. The molecule has 23 heavy (non-hydrogen) atoms. The van der Waals surface area contributed by atoms with Crippen LogP contribution in [0.15, 0.2) is 30.4 Å². The fourth-order valence-electron chi connectivity index (χ4n) is 1.57. The molecule has 1 N–H and O–H groups in total. The van der Waals surface area contributed by atoms with E-state index in [9.17, 15) is 18.8 Å². The SMILES string of the molecule is CN(C)C/C=C/C(=O)NC(C)(C#N)COc1ccc(F)c(F)c1. The van der Waals surface area contributed by atoms with Gasteiger partial charge in [-0.05, 0) is 33.2 Å². The molecule has 1 aromatic rings. The van der Waals surface area contributed by atoms with E-state index in [1.165, 1.54) is 19.1 Å². The van der Waals surface area contributed by atoms with Crippen molar-refractivity contribution < 1.29 is 18.3 Å². The molecule has 5 nitrogen and oxygen atoms in total. The minimum atomic E-state index is -1.30. The Labute approximate surface area is 134 Å². The predicted molar refractivity (Wildman–Crippen MR) is 81.7 cm³/mol. The van der Waals surface area contributed by atoms with Gasteiger partial charge in [-0.15, -0.1) is 0 Å². The molecule has 7 heteroatoms. The summed E-state index contributed by atoms with van der Waals surface area (Å²) in [4.78, 5) is 13.7. The van der Waals surface area contributed by atoms with E-state index in [0.717, 1.165) is 12.1 Å². The number of ether oxygens (including phenoxy) is 1. The molecule has 0 aliphatic carbocycles. The molecular formula is C16H19F2N3O2. The molecule has 0 aliphatic rings. The molecule has 1 aromatic carbocycles. The van der Waals surface area contributed by atoms with Crippen molar-refractivity contribution in [2.45, 2.75) is 12.5 Å². The first kappa shape index (κ1) is 18.6. The molecule has 124 valence electrons. The van der Waals surface area contributed by atoms with Crippen molar-refractivity contribution in [2.24, 2.45) is 0 Å². The van der Waals surface area contributed by atoms with Crippen LogP contribution in [0.2, 0.25) is 0 Å². The quantitative estimate of drug-likeness (QED) is 0.778. The molecule has 0 radical (unpaired) electrons. The third-order valence-electron chi connectivity index (χ3n) is 2.80. The Hall–Kier alpha value is -2.46. The first-order chi connectivity index (χ1) is 10.8. The number of hydrogen-bond donors (Lipinski definition) is 1. The Morgan fingerprint density at radius 1 is 1.43 bits per heavy atom. The van der Waals surface area contributed by atoms with Crippen LogP contribution in [0.5, 0.6) is 5.75 Å². The summed E-state index contributed by atoms with van der Waals surface area (Å²) in [6.45, 7) is 1.86. The highest BCUT2D eigenvalue weighted by Crippen LogP contribution is 2.17. The molecule has 0 bridgehead atoms. The minimum Gasteiger partial charge on any atom is -0.490 e. The number of carbonyl (C=O) groups excluding carboxylic acids is 1. The zero-order chi connectivity index (χ0) is 17.5. The second kappa shape index (κ2) is 8.25. The lowest BCUT2D eigenvalue weighted by Gasteiger charge is -2.22. The molecule has 0 aromatic heterocycles. The second-order valence-electron chi connectivity index (χ2n) is 5.46. The van der Waals surface area contributed by atoms with E-state index in [0.29, 0.717) is 6.54 Å². The smallest absolute Gasteiger partial charge is 0.245 e. The zero-order valence-corrected chi connectivity index (χ0v) is 13.3. The van der Waals surface area contributed by atoms with Gasteiger partial charge in [0.25, 0.3) is 0 Å². The van der Waals surface area contributed by atoms with Crippen molar-refractivity contribution in [3.63, 3.8) is 0 Å². The van der Waals surface area contributed by atoms with E-state index < -0.39 is 23.1 Å². The van der Waals surface area contributed by atoms with Crippen LogP contribution in [0.4, 0.5) is 8.78 Å². The van der Waals surface area contributed by atoms with Crippen LogP contribution >= 0.6 is 0 Å². The van der Waals surface area contributed by atoms with Crippen molar-refractivity contribution in [3.05, 3.63) is 42.0 Å². The number of benzene rings is 1. The lowest BCUT2D eigenvalue weighted by atomic mass is 10.1. The zero-order valence-electron chi connectivity index (χ0n) is 13.3. The number of likely N-dealkylation sites (N-methyl/N-ethyl adjacent to an activating group) is 1. The molecular weight excluding hydrogens is 304 g/mol.